The standard InChI is InChI=1S/C11H8N2S2/c1-8-4-5-13-11(9(8)7-12)15-10-3-2-6-14-10/h2-6H,1H3. The zero-order chi connectivity index (χ0) is 10.7. The Morgan fingerprint density at radius 1 is 1.47 bits per heavy atom. The van der Waals surface area contributed by atoms with Crippen LogP contribution < -0.4 is 0 Å². The molecule has 0 aliphatic carbocycles. The Hall–Kier alpha value is -1.31. The second-order valence-electron chi connectivity index (χ2n) is 2.95. The Balaban J connectivity index is 2.37. The van der Waals surface area contributed by atoms with Gasteiger partial charge in [-0.1, -0.05) is 17.8 Å². The molecule has 0 atom stereocenters. The molecule has 0 N–H and O–H groups in total. The molecule has 2 heterocycles. The highest BCUT2D eigenvalue weighted by Crippen LogP contribution is 2.32. The first-order valence-electron chi connectivity index (χ1n) is 4.38. The summed E-state index contributed by atoms with van der Waals surface area (Å²) >= 11 is 3.20. The molecule has 0 bridgehead atoms. The van der Waals surface area contributed by atoms with Crippen LogP contribution in [0.3, 0.4) is 0 Å². The van der Waals surface area contributed by atoms with E-state index in [1.807, 2.05) is 30.5 Å². The number of hydrogen-bond donors (Lipinski definition) is 0. The van der Waals surface area contributed by atoms with Gasteiger partial charge in [-0.3, -0.25) is 0 Å². The van der Waals surface area contributed by atoms with Crippen molar-refractivity contribution in [2.75, 3.05) is 0 Å². The molecule has 0 aliphatic rings. The largest absolute Gasteiger partial charge is 0.248 e. The summed E-state index contributed by atoms with van der Waals surface area (Å²) in [7, 11) is 0. The fourth-order valence-corrected chi connectivity index (χ4v) is 2.97. The van der Waals surface area contributed by atoms with Crippen molar-refractivity contribution in [3.63, 3.8) is 0 Å². The van der Waals surface area contributed by atoms with Crippen LogP contribution >= 0.6 is 23.1 Å². The Kier molecular flexibility index (Phi) is 3.05. The van der Waals surface area contributed by atoms with Gasteiger partial charge in [0.15, 0.2) is 0 Å². The average molecular weight is 232 g/mol. The number of rotatable bonds is 2. The first-order valence-corrected chi connectivity index (χ1v) is 6.08. The number of aryl methyl sites for hydroxylation is 1. The summed E-state index contributed by atoms with van der Waals surface area (Å²) in [5.74, 6) is 0. The van der Waals surface area contributed by atoms with Gasteiger partial charge in [-0.25, -0.2) is 4.98 Å². The first-order chi connectivity index (χ1) is 7.31. The molecule has 2 aromatic heterocycles. The quantitative estimate of drug-likeness (QED) is 0.795. The van der Waals surface area contributed by atoms with Gasteiger partial charge in [0.25, 0.3) is 0 Å². The van der Waals surface area contributed by atoms with Crippen LogP contribution in [0.4, 0.5) is 0 Å². The molecule has 2 rings (SSSR count). The van der Waals surface area contributed by atoms with Crippen LogP contribution in [0.5, 0.6) is 0 Å². The van der Waals surface area contributed by atoms with Crippen molar-refractivity contribution in [2.45, 2.75) is 16.2 Å². The minimum atomic E-state index is 0.677. The highest BCUT2D eigenvalue weighted by Gasteiger charge is 2.08. The van der Waals surface area contributed by atoms with Crippen LogP contribution in [0, 0.1) is 18.3 Å². The van der Waals surface area contributed by atoms with Gasteiger partial charge in [-0.2, -0.15) is 5.26 Å². The third-order valence-corrected chi connectivity index (χ3v) is 3.97. The lowest BCUT2D eigenvalue weighted by molar-refractivity contribution is 1.09. The smallest absolute Gasteiger partial charge is 0.120 e. The van der Waals surface area contributed by atoms with Crippen molar-refractivity contribution >= 4 is 23.1 Å². The minimum absolute atomic E-state index is 0.677. The summed E-state index contributed by atoms with van der Waals surface area (Å²) in [4.78, 5) is 4.23. The highest BCUT2D eigenvalue weighted by atomic mass is 32.2. The number of thiophene rings is 1. The molecule has 4 heteroatoms. The van der Waals surface area contributed by atoms with Crippen molar-refractivity contribution in [3.8, 4) is 6.07 Å². The second kappa shape index (κ2) is 4.47. The SMILES string of the molecule is Cc1ccnc(Sc2cccs2)c1C#N. The van der Waals surface area contributed by atoms with E-state index in [4.69, 9.17) is 5.26 Å². The molecule has 0 aromatic carbocycles. The van der Waals surface area contributed by atoms with Crippen molar-refractivity contribution in [1.29, 1.82) is 5.26 Å². The molecule has 2 nitrogen and oxygen atoms in total. The van der Waals surface area contributed by atoms with Crippen LogP contribution in [0.1, 0.15) is 11.1 Å². The summed E-state index contributed by atoms with van der Waals surface area (Å²) in [6, 6.07) is 8.08. The van der Waals surface area contributed by atoms with Crippen molar-refractivity contribution in [1.82, 2.24) is 4.98 Å². The van der Waals surface area contributed by atoms with Crippen molar-refractivity contribution in [3.05, 3.63) is 40.9 Å². The zero-order valence-electron chi connectivity index (χ0n) is 8.10. The Morgan fingerprint density at radius 3 is 3.00 bits per heavy atom. The fraction of sp³-hybridized carbons (Fsp3) is 0.0909. The van der Waals surface area contributed by atoms with E-state index in [-0.39, 0.29) is 0 Å². The van der Waals surface area contributed by atoms with Gasteiger partial charge in [-0.15, -0.1) is 11.3 Å². The molecule has 0 saturated carbocycles. The molecular weight excluding hydrogens is 224 g/mol. The third kappa shape index (κ3) is 2.20. The normalized spacial score (nSPS) is 9.87. The Labute approximate surface area is 96.6 Å². The number of aromatic nitrogens is 1. The number of nitrogens with zero attached hydrogens (tertiary/aromatic N) is 2. The first kappa shape index (κ1) is 10.2. The van der Waals surface area contributed by atoms with Gasteiger partial charge in [0.05, 0.1) is 9.77 Å². The van der Waals surface area contributed by atoms with Gasteiger partial charge in [0, 0.05) is 6.20 Å². The lowest BCUT2D eigenvalue weighted by atomic mass is 10.2. The topological polar surface area (TPSA) is 36.7 Å². The molecule has 15 heavy (non-hydrogen) atoms. The molecule has 0 aliphatic heterocycles. The Bertz CT molecular complexity index is 498. The number of nitriles is 1. The van der Waals surface area contributed by atoms with E-state index < -0.39 is 0 Å². The van der Waals surface area contributed by atoms with Gasteiger partial charge < -0.3 is 0 Å². The maximum Gasteiger partial charge on any atom is 0.120 e. The maximum atomic E-state index is 9.03. The van der Waals surface area contributed by atoms with Crippen molar-refractivity contribution < 1.29 is 0 Å². The molecule has 0 unspecified atom stereocenters. The summed E-state index contributed by atoms with van der Waals surface area (Å²) < 4.78 is 1.16. The Morgan fingerprint density at radius 2 is 2.33 bits per heavy atom. The van der Waals surface area contributed by atoms with Crippen LogP contribution in [-0.2, 0) is 0 Å². The molecular formula is C11H8N2S2. The van der Waals surface area contributed by atoms with E-state index >= 15 is 0 Å². The van der Waals surface area contributed by atoms with Gasteiger partial charge in [0.1, 0.15) is 11.1 Å². The van der Waals surface area contributed by atoms with E-state index in [2.05, 4.69) is 11.1 Å². The van der Waals surface area contributed by atoms with Gasteiger partial charge >= 0.3 is 0 Å². The van der Waals surface area contributed by atoms with E-state index in [1.54, 1.807) is 29.3 Å². The molecule has 0 amide bonds. The lowest BCUT2D eigenvalue weighted by Gasteiger charge is -2.02. The predicted molar refractivity (Wildman–Crippen MR) is 62.1 cm³/mol. The average Bonchev–Trinajstić information content (AvgIpc) is 2.71. The molecule has 74 valence electrons. The predicted octanol–water partition coefficient (Wildman–Crippen LogP) is 3.47. The molecule has 0 fully saturated rings. The van der Waals surface area contributed by atoms with Crippen molar-refractivity contribution in [2.24, 2.45) is 0 Å². The van der Waals surface area contributed by atoms with E-state index in [9.17, 15) is 0 Å². The summed E-state index contributed by atoms with van der Waals surface area (Å²) in [6.45, 7) is 1.93. The third-order valence-electron chi connectivity index (χ3n) is 1.93. The maximum absolute atomic E-state index is 9.03. The molecule has 0 radical (unpaired) electrons. The molecule has 0 saturated heterocycles. The summed E-state index contributed by atoms with van der Waals surface area (Å²) in [5, 5.41) is 11.8. The lowest BCUT2D eigenvalue weighted by Crippen LogP contribution is -1.89. The van der Waals surface area contributed by atoms with Gasteiger partial charge in [0.2, 0.25) is 0 Å². The van der Waals surface area contributed by atoms with E-state index in [1.165, 1.54) is 0 Å². The summed E-state index contributed by atoms with van der Waals surface area (Å²) in [5.41, 5.74) is 1.66. The highest BCUT2D eigenvalue weighted by molar-refractivity contribution is 8.01. The fourth-order valence-electron chi connectivity index (χ4n) is 1.16. The van der Waals surface area contributed by atoms with Crippen LogP contribution in [0.15, 0.2) is 39.0 Å². The zero-order valence-corrected chi connectivity index (χ0v) is 9.73. The van der Waals surface area contributed by atoms with Crippen LogP contribution in [0.2, 0.25) is 0 Å². The molecule has 0 spiro atoms. The number of hydrogen-bond acceptors (Lipinski definition) is 4. The van der Waals surface area contributed by atoms with E-state index in [0.29, 0.717) is 5.56 Å². The molecule has 2 aromatic rings. The van der Waals surface area contributed by atoms with Gasteiger partial charge in [-0.05, 0) is 30.0 Å². The van der Waals surface area contributed by atoms with Crippen LogP contribution in [-0.4, -0.2) is 4.98 Å². The van der Waals surface area contributed by atoms with E-state index in [0.717, 1.165) is 14.8 Å². The monoisotopic (exact) mass is 232 g/mol. The second-order valence-corrected chi connectivity index (χ2v) is 5.19. The minimum Gasteiger partial charge on any atom is -0.248 e. The number of pyridine rings is 1. The summed E-state index contributed by atoms with van der Waals surface area (Å²) in [6.07, 6.45) is 1.74. The van der Waals surface area contributed by atoms with Crippen LogP contribution in [0.25, 0.3) is 0 Å².